The van der Waals surface area contributed by atoms with E-state index in [1.165, 1.54) is 0 Å². The average Bonchev–Trinajstić information content (AvgIpc) is 2.67. The second-order valence-electron chi connectivity index (χ2n) is 10.0. The van der Waals surface area contributed by atoms with Gasteiger partial charge in [0.25, 0.3) is 0 Å². The second kappa shape index (κ2) is 20.9. The Balaban J connectivity index is -0.000000272. The van der Waals surface area contributed by atoms with E-state index >= 15 is 0 Å². The minimum atomic E-state index is -5.60. The Bertz CT molecular complexity index is 744. The lowest BCUT2D eigenvalue weighted by Gasteiger charge is -2.24. The molecule has 40 heavy (non-hydrogen) atoms. The van der Waals surface area contributed by atoms with Crippen molar-refractivity contribution in [3.8, 4) is 0 Å². The summed E-state index contributed by atoms with van der Waals surface area (Å²) in [7, 11) is -32.6. The van der Waals surface area contributed by atoms with Crippen LogP contribution in [0.2, 0.25) is 64.5 Å². The minimum absolute atomic E-state index is 0.812. The first kappa shape index (κ1) is 47.0. The van der Waals surface area contributed by atoms with Gasteiger partial charge in [-0.2, -0.15) is 0 Å². The fraction of sp³-hybridized carbons (Fsp3) is 1.00. The van der Waals surface area contributed by atoms with Gasteiger partial charge in [-0.1, -0.05) is 0 Å². The topological polar surface area (TPSA) is 294 Å². The molecule has 0 bridgehead atoms. The predicted molar refractivity (Wildman–Crippen MR) is 164 cm³/mol. The van der Waals surface area contributed by atoms with Crippen LogP contribution in [0.25, 0.3) is 0 Å². The highest BCUT2D eigenvalue weighted by atomic mass is 30.4. The fourth-order valence-electron chi connectivity index (χ4n) is 2.58. The molecule has 0 spiro atoms. The van der Waals surface area contributed by atoms with Gasteiger partial charge in [-0.25, -0.2) is 0 Å². The van der Waals surface area contributed by atoms with E-state index in [-0.39, 0.29) is 0 Å². The first-order valence-corrected chi connectivity index (χ1v) is 42.8. The maximum absolute atomic E-state index is 11.4. The standard InChI is InChI=1S/C8H22O2Si2.2C2H8OSi.H6O12Si8/c1-6-10-12(4,5)8-7-11(2,3)9;2*1-4(2)3;1-13(2)19(14(3)4,15(5)6)20(16(7)8,17(9)10)18(11)12/h9H,6-8H2,1-5H3;2*3-4H,1-2H3;1,3,5,7,9,11H. The number of rotatable bonds is 12. The number of hydrogen-bond donors (Lipinski definition) is 9. The Morgan fingerprint density at radius 2 is 0.775 bits per heavy atom. The molecule has 9 N–H and O–H groups in total. The van der Waals surface area contributed by atoms with Crippen molar-refractivity contribution in [2.24, 2.45) is 0 Å². The predicted octanol–water partition coefficient (Wildman–Crippen LogP) is -4.75. The van der Waals surface area contributed by atoms with Crippen LogP contribution in [0.15, 0.2) is 0 Å². The van der Waals surface area contributed by atoms with Crippen LogP contribution in [0, 0.1) is 0 Å². The molecule has 0 fully saturated rings. The van der Waals surface area contributed by atoms with E-state index in [4.69, 9.17) is 42.8 Å². The average molecular weight is 782 g/mol. The van der Waals surface area contributed by atoms with E-state index in [0.717, 1.165) is 18.7 Å². The van der Waals surface area contributed by atoms with E-state index in [9.17, 15) is 31.6 Å². The molecule has 0 aromatic heterocycles. The van der Waals surface area contributed by atoms with Crippen molar-refractivity contribution in [1.29, 1.82) is 0 Å². The van der Waals surface area contributed by atoms with Crippen molar-refractivity contribution in [1.82, 2.24) is 0 Å². The van der Waals surface area contributed by atoms with Gasteiger partial charge >= 0.3 is 63.0 Å². The van der Waals surface area contributed by atoms with Crippen LogP contribution in [0.5, 0.6) is 0 Å². The highest BCUT2D eigenvalue weighted by Gasteiger charge is 2.91. The molecule has 0 heterocycles. The van der Waals surface area contributed by atoms with E-state index in [1.54, 1.807) is 0 Å². The summed E-state index contributed by atoms with van der Waals surface area (Å²) in [5, 5.41) is 0. The smallest absolute Gasteiger partial charge is 0.483 e. The molecular formula is C12H44O16Si12. The molecule has 0 aliphatic carbocycles. The molecule has 0 saturated heterocycles. The molecule has 0 radical (unpaired) electrons. The van der Waals surface area contributed by atoms with Crippen LogP contribution in [0.4, 0.5) is 0 Å². The van der Waals surface area contributed by atoms with Crippen molar-refractivity contribution < 1.29 is 74.4 Å². The van der Waals surface area contributed by atoms with Crippen LogP contribution in [0.3, 0.4) is 0 Å². The Morgan fingerprint density at radius 1 is 0.575 bits per heavy atom. The maximum atomic E-state index is 11.4. The van der Waals surface area contributed by atoms with E-state index in [2.05, 4.69) is 13.1 Å². The Hall–Kier alpha value is 0.0426. The van der Waals surface area contributed by atoms with Gasteiger partial charge in [-0.3, -0.25) is 0 Å². The molecule has 0 amide bonds. The van der Waals surface area contributed by atoms with Gasteiger partial charge in [-0.05, 0) is 71.4 Å². The SMILES string of the molecule is CCO[Si](C)(C)CC[Si](C)(C)O.C[SiH](C)O.C[SiH](C)O.O=[Si](O)[Si]([Si](=O)O)([Si](=O)O)[Si]([Si](=O)O)([Si](=O)O)[Si](=O)O. The molecule has 16 nitrogen and oxygen atoms in total. The van der Waals surface area contributed by atoms with Crippen molar-refractivity contribution in [2.45, 2.75) is 71.4 Å². The highest BCUT2D eigenvalue weighted by molar-refractivity contribution is 8.14. The van der Waals surface area contributed by atoms with Crippen molar-refractivity contribution in [3.05, 3.63) is 0 Å². The molecule has 236 valence electrons. The molecule has 0 unspecified atom stereocenters. The van der Waals surface area contributed by atoms with E-state index < -0.39 is 97.7 Å². The zero-order valence-electron chi connectivity index (χ0n) is 24.2. The molecular weight excluding hydrogens is 737 g/mol. The van der Waals surface area contributed by atoms with Crippen LogP contribution in [0.1, 0.15) is 6.92 Å². The molecule has 0 rings (SSSR count). The lowest BCUT2D eigenvalue weighted by molar-refractivity contribution is 0.329. The van der Waals surface area contributed by atoms with Crippen molar-refractivity contribution >= 4 is 97.7 Å². The normalized spacial score (nSPS) is 11.6. The van der Waals surface area contributed by atoms with Gasteiger partial charge in [-0.15, -0.1) is 0 Å². The zero-order valence-corrected chi connectivity index (χ0v) is 36.5. The molecule has 0 aromatic carbocycles. The second-order valence-corrected chi connectivity index (χ2v) is 73.2. The molecule has 0 saturated carbocycles. The molecule has 28 heteroatoms. The Morgan fingerprint density at radius 3 is 0.900 bits per heavy atom. The summed E-state index contributed by atoms with van der Waals surface area (Å²) < 4.78 is 73.9. The zero-order chi connectivity index (χ0) is 33.4. The lowest BCUT2D eigenvalue weighted by Crippen LogP contribution is -2.91. The van der Waals surface area contributed by atoms with E-state index in [0.29, 0.717) is 0 Å². The van der Waals surface area contributed by atoms with Crippen molar-refractivity contribution in [2.75, 3.05) is 6.61 Å². The summed E-state index contributed by atoms with van der Waals surface area (Å²) in [6.07, 6.45) is -11.2. The largest absolute Gasteiger partial charge is 0.542 e. The minimum Gasteiger partial charge on any atom is -0.542 e. The molecule has 0 aromatic rings. The summed E-state index contributed by atoms with van der Waals surface area (Å²) >= 11 is 0. The lowest BCUT2D eigenvalue weighted by atomic mass is 10.9. The summed E-state index contributed by atoms with van der Waals surface area (Å²) in [6, 6.07) is 2.07. The van der Waals surface area contributed by atoms with Gasteiger partial charge < -0.3 is 74.4 Å². The van der Waals surface area contributed by atoms with Gasteiger partial charge in [0.15, 0.2) is 34.7 Å². The summed E-state index contributed by atoms with van der Waals surface area (Å²) in [5.74, 6) is 0. The van der Waals surface area contributed by atoms with Gasteiger partial charge in [0.2, 0.25) is 0 Å². The molecule has 0 atom stereocenters. The quantitative estimate of drug-likeness (QED) is 0.0841. The summed E-state index contributed by atoms with van der Waals surface area (Å²) in [5.41, 5.74) is 0. The Kier molecular flexibility index (Phi) is 24.5. The summed E-state index contributed by atoms with van der Waals surface area (Å²) in [6.45, 7) is 18.7. The van der Waals surface area contributed by atoms with Crippen LogP contribution < -0.4 is 0 Å². The van der Waals surface area contributed by atoms with Crippen LogP contribution >= 0.6 is 0 Å². The maximum Gasteiger partial charge on any atom is 0.483 e. The van der Waals surface area contributed by atoms with E-state index in [1.807, 2.05) is 46.2 Å². The first-order valence-electron chi connectivity index (χ1n) is 11.8. The third-order valence-electron chi connectivity index (χ3n) is 4.36. The van der Waals surface area contributed by atoms with Crippen LogP contribution in [-0.4, -0.2) is 147 Å². The van der Waals surface area contributed by atoms with Crippen LogP contribution in [-0.2, 0) is 31.2 Å². The third kappa shape index (κ3) is 16.6. The molecule has 0 aliphatic rings. The Labute approximate surface area is 248 Å². The van der Waals surface area contributed by atoms with Gasteiger partial charge in [0, 0.05) is 6.61 Å². The first-order chi connectivity index (χ1) is 17.6. The van der Waals surface area contributed by atoms with Crippen molar-refractivity contribution in [3.63, 3.8) is 0 Å². The van der Waals surface area contributed by atoms with Gasteiger partial charge in [0.1, 0.15) is 0 Å². The summed E-state index contributed by atoms with van der Waals surface area (Å²) in [4.78, 5) is 81.0. The highest BCUT2D eigenvalue weighted by Crippen LogP contribution is 2.20. The third-order valence-corrected chi connectivity index (χ3v) is 104. The fourth-order valence-corrected chi connectivity index (χ4v) is 99.6. The number of hydrogen-bond acceptors (Lipinski definition) is 10. The van der Waals surface area contributed by atoms with Gasteiger partial charge in [0.05, 0.1) is 0 Å². The monoisotopic (exact) mass is 780 g/mol. The molecule has 0 aliphatic heterocycles.